The summed E-state index contributed by atoms with van der Waals surface area (Å²) in [6.45, 7) is 3.74. The summed E-state index contributed by atoms with van der Waals surface area (Å²) in [5, 5.41) is 9.53. The van der Waals surface area contributed by atoms with Crippen LogP contribution in [0, 0.1) is 12.8 Å². The van der Waals surface area contributed by atoms with Gasteiger partial charge in [0.2, 0.25) is 10.0 Å². The maximum absolute atomic E-state index is 12.0. The zero-order valence-corrected chi connectivity index (χ0v) is 11.9. The molecule has 1 aromatic heterocycles. The molecular formula is C11H16N2O3S2. The first kappa shape index (κ1) is 13.5. The van der Waals surface area contributed by atoms with E-state index in [2.05, 4.69) is 12.2 Å². The summed E-state index contributed by atoms with van der Waals surface area (Å²) in [6.07, 6.45) is 1.97. The molecule has 5 nitrogen and oxygen atoms in total. The van der Waals surface area contributed by atoms with Crippen LogP contribution in [0.3, 0.4) is 0 Å². The van der Waals surface area contributed by atoms with E-state index in [4.69, 9.17) is 5.14 Å². The highest BCUT2D eigenvalue weighted by Gasteiger charge is 2.28. The summed E-state index contributed by atoms with van der Waals surface area (Å²) in [4.78, 5) is 12.0. The second kappa shape index (κ2) is 4.64. The second-order valence-electron chi connectivity index (χ2n) is 4.85. The van der Waals surface area contributed by atoms with Crippen molar-refractivity contribution in [3.05, 3.63) is 16.5 Å². The van der Waals surface area contributed by atoms with Gasteiger partial charge >= 0.3 is 0 Å². The molecule has 3 N–H and O–H groups in total. The van der Waals surface area contributed by atoms with Gasteiger partial charge in [0.05, 0.1) is 5.56 Å². The lowest BCUT2D eigenvalue weighted by Crippen LogP contribution is -2.43. The SMILES string of the molecule is Cc1c(C(=O)NC2CC(C)C2)csc1S(N)(=O)=O. The van der Waals surface area contributed by atoms with Crippen LogP contribution in [0.25, 0.3) is 0 Å². The molecule has 1 amide bonds. The smallest absolute Gasteiger partial charge is 0.252 e. The third-order valence-electron chi connectivity index (χ3n) is 3.21. The first-order valence-electron chi connectivity index (χ1n) is 5.70. The summed E-state index contributed by atoms with van der Waals surface area (Å²) < 4.78 is 22.6. The van der Waals surface area contributed by atoms with Gasteiger partial charge in [-0.05, 0) is 31.2 Å². The highest BCUT2D eigenvalue weighted by molar-refractivity contribution is 7.91. The summed E-state index contributed by atoms with van der Waals surface area (Å²) >= 11 is 0.991. The summed E-state index contributed by atoms with van der Waals surface area (Å²) in [5.41, 5.74) is 0.843. The maximum atomic E-state index is 12.0. The van der Waals surface area contributed by atoms with Gasteiger partial charge in [0, 0.05) is 11.4 Å². The third-order valence-corrected chi connectivity index (χ3v) is 5.89. The number of amides is 1. The molecule has 1 aliphatic rings. The molecule has 0 aliphatic heterocycles. The van der Waals surface area contributed by atoms with Crippen LogP contribution < -0.4 is 10.5 Å². The Morgan fingerprint density at radius 2 is 2.11 bits per heavy atom. The number of nitrogens with one attached hydrogen (secondary N) is 1. The van der Waals surface area contributed by atoms with Crippen molar-refractivity contribution < 1.29 is 13.2 Å². The molecule has 1 aliphatic carbocycles. The lowest BCUT2D eigenvalue weighted by Gasteiger charge is -2.33. The number of hydrogen-bond donors (Lipinski definition) is 2. The Bertz CT molecular complexity index is 571. The number of carbonyl (C=O) groups excluding carboxylic acids is 1. The van der Waals surface area contributed by atoms with E-state index in [1.165, 1.54) is 0 Å². The highest BCUT2D eigenvalue weighted by atomic mass is 32.2. The van der Waals surface area contributed by atoms with E-state index in [0.29, 0.717) is 17.0 Å². The van der Waals surface area contributed by atoms with E-state index in [0.717, 1.165) is 24.2 Å². The molecule has 0 aromatic carbocycles. The average molecular weight is 288 g/mol. The number of hydrogen-bond acceptors (Lipinski definition) is 4. The number of carbonyl (C=O) groups is 1. The fourth-order valence-corrected chi connectivity index (χ4v) is 4.20. The molecule has 1 fully saturated rings. The molecule has 0 bridgehead atoms. The second-order valence-corrected chi connectivity index (χ2v) is 7.49. The minimum atomic E-state index is -3.74. The van der Waals surface area contributed by atoms with Gasteiger partial charge in [0.15, 0.2) is 0 Å². The Kier molecular flexibility index (Phi) is 3.48. The van der Waals surface area contributed by atoms with Crippen molar-refractivity contribution in [2.45, 2.75) is 36.9 Å². The van der Waals surface area contributed by atoms with Gasteiger partial charge < -0.3 is 5.32 Å². The quantitative estimate of drug-likeness (QED) is 0.876. The van der Waals surface area contributed by atoms with Gasteiger partial charge in [0.25, 0.3) is 5.91 Å². The largest absolute Gasteiger partial charge is 0.349 e. The van der Waals surface area contributed by atoms with Crippen LogP contribution in [0.2, 0.25) is 0 Å². The topological polar surface area (TPSA) is 89.3 Å². The number of primary sulfonamides is 1. The summed E-state index contributed by atoms with van der Waals surface area (Å²) in [6, 6.07) is 0.213. The van der Waals surface area contributed by atoms with Crippen molar-refractivity contribution >= 4 is 27.3 Å². The fourth-order valence-electron chi connectivity index (χ4n) is 2.19. The van der Waals surface area contributed by atoms with Crippen molar-refractivity contribution in [2.75, 3.05) is 0 Å². The minimum absolute atomic E-state index is 0.0645. The Hall–Kier alpha value is -0.920. The van der Waals surface area contributed by atoms with Crippen molar-refractivity contribution in [3.63, 3.8) is 0 Å². The summed E-state index contributed by atoms with van der Waals surface area (Å²) in [5.74, 6) is 0.439. The molecule has 0 atom stereocenters. The molecule has 1 saturated carbocycles. The normalized spacial score (nSPS) is 23.5. The minimum Gasteiger partial charge on any atom is -0.349 e. The van der Waals surface area contributed by atoms with E-state index in [9.17, 15) is 13.2 Å². The molecule has 0 spiro atoms. The van der Waals surface area contributed by atoms with Crippen molar-refractivity contribution in [2.24, 2.45) is 11.1 Å². The lowest BCUT2D eigenvalue weighted by atomic mass is 9.82. The zero-order valence-electron chi connectivity index (χ0n) is 10.3. The standard InChI is InChI=1S/C11H16N2O3S2/c1-6-3-8(4-6)13-10(14)9-5-17-11(7(9)2)18(12,15)16/h5-6,8H,3-4H2,1-2H3,(H,13,14)(H2,12,15,16). The van der Waals surface area contributed by atoms with E-state index in [-0.39, 0.29) is 16.2 Å². The van der Waals surface area contributed by atoms with E-state index in [1.54, 1.807) is 12.3 Å². The molecule has 0 unspecified atom stereocenters. The Morgan fingerprint density at radius 1 is 1.50 bits per heavy atom. The zero-order chi connectivity index (χ0) is 13.5. The molecule has 18 heavy (non-hydrogen) atoms. The molecule has 1 aromatic rings. The van der Waals surface area contributed by atoms with Crippen LogP contribution in [-0.4, -0.2) is 20.4 Å². The number of sulfonamides is 1. The molecule has 7 heteroatoms. The Balaban J connectivity index is 2.14. The van der Waals surface area contributed by atoms with Gasteiger partial charge in [-0.15, -0.1) is 11.3 Å². The van der Waals surface area contributed by atoms with Crippen LogP contribution >= 0.6 is 11.3 Å². The predicted octanol–water partition coefficient (Wildman–Crippen LogP) is 1.23. The van der Waals surface area contributed by atoms with Crippen molar-refractivity contribution in [3.8, 4) is 0 Å². The Morgan fingerprint density at radius 3 is 2.56 bits per heavy atom. The van der Waals surface area contributed by atoms with Gasteiger partial charge in [-0.25, -0.2) is 13.6 Å². The van der Waals surface area contributed by atoms with Gasteiger partial charge in [-0.1, -0.05) is 6.92 Å². The van der Waals surface area contributed by atoms with Crippen LogP contribution in [0.4, 0.5) is 0 Å². The van der Waals surface area contributed by atoms with Gasteiger partial charge in [-0.3, -0.25) is 4.79 Å². The first-order chi connectivity index (χ1) is 8.29. The van der Waals surface area contributed by atoms with Crippen LogP contribution in [-0.2, 0) is 10.0 Å². The molecular weight excluding hydrogens is 272 g/mol. The monoisotopic (exact) mass is 288 g/mol. The molecule has 0 saturated heterocycles. The van der Waals surface area contributed by atoms with Gasteiger partial charge in [-0.2, -0.15) is 0 Å². The number of rotatable bonds is 3. The highest BCUT2D eigenvalue weighted by Crippen LogP contribution is 2.28. The number of thiophene rings is 1. The van der Waals surface area contributed by atoms with E-state index >= 15 is 0 Å². The predicted molar refractivity (Wildman–Crippen MR) is 70.1 cm³/mol. The molecule has 1 heterocycles. The lowest BCUT2D eigenvalue weighted by molar-refractivity contribution is 0.0896. The molecule has 100 valence electrons. The van der Waals surface area contributed by atoms with Crippen LogP contribution in [0.15, 0.2) is 9.59 Å². The van der Waals surface area contributed by atoms with Crippen LogP contribution in [0.5, 0.6) is 0 Å². The van der Waals surface area contributed by atoms with Gasteiger partial charge in [0.1, 0.15) is 4.21 Å². The third kappa shape index (κ3) is 2.57. The Labute approximate surface area is 110 Å². The maximum Gasteiger partial charge on any atom is 0.252 e. The van der Waals surface area contributed by atoms with E-state index < -0.39 is 10.0 Å². The first-order valence-corrected chi connectivity index (χ1v) is 8.13. The summed E-state index contributed by atoms with van der Waals surface area (Å²) in [7, 11) is -3.74. The van der Waals surface area contributed by atoms with Crippen molar-refractivity contribution in [1.29, 1.82) is 0 Å². The van der Waals surface area contributed by atoms with E-state index in [1.807, 2.05) is 0 Å². The van der Waals surface area contributed by atoms with Crippen LogP contribution in [0.1, 0.15) is 35.7 Å². The van der Waals surface area contributed by atoms with Crippen molar-refractivity contribution in [1.82, 2.24) is 5.32 Å². The molecule has 0 radical (unpaired) electrons. The molecule has 2 rings (SSSR count). The average Bonchev–Trinajstić information content (AvgIpc) is 2.57. The number of nitrogens with two attached hydrogens (primary N) is 1. The fraction of sp³-hybridized carbons (Fsp3) is 0.545.